The zero-order valence-electron chi connectivity index (χ0n) is 13.1. The molecule has 4 heteroatoms. The summed E-state index contributed by atoms with van der Waals surface area (Å²) in [4.78, 5) is 3.75. The van der Waals surface area contributed by atoms with Crippen LogP contribution in [0.3, 0.4) is 0 Å². The van der Waals surface area contributed by atoms with E-state index in [1.165, 1.54) is 10.5 Å². The number of hydrogen-bond donors (Lipinski definition) is 1. The summed E-state index contributed by atoms with van der Waals surface area (Å²) >= 11 is 8.25. The lowest BCUT2D eigenvalue weighted by Gasteiger charge is -2.18. The largest absolute Gasteiger partial charge is 0.310 e. The van der Waals surface area contributed by atoms with Crippen molar-refractivity contribution < 1.29 is 0 Å². The molecular formula is C16H27ClN2S. The number of hydrogen-bond acceptors (Lipinski definition) is 3. The Hall–Kier alpha value is -0.220. The summed E-state index contributed by atoms with van der Waals surface area (Å²) in [6.45, 7) is 12.9. The number of benzene rings is 1. The zero-order valence-corrected chi connectivity index (χ0v) is 14.7. The van der Waals surface area contributed by atoms with Gasteiger partial charge in [0.25, 0.3) is 0 Å². The quantitative estimate of drug-likeness (QED) is 0.685. The lowest BCUT2D eigenvalue weighted by Crippen LogP contribution is -2.25. The monoisotopic (exact) mass is 314 g/mol. The first-order chi connectivity index (χ1) is 9.58. The highest BCUT2D eigenvalue weighted by Crippen LogP contribution is 2.28. The summed E-state index contributed by atoms with van der Waals surface area (Å²) in [6, 6.07) is 6.67. The molecule has 114 valence electrons. The van der Waals surface area contributed by atoms with Crippen molar-refractivity contribution >= 4 is 23.4 Å². The fourth-order valence-electron chi connectivity index (χ4n) is 1.98. The second-order valence-corrected chi connectivity index (χ2v) is 6.67. The van der Waals surface area contributed by atoms with Crippen LogP contribution in [0.5, 0.6) is 0 Å². The van der Waals surface area contributed by atoms with Gasteiger partial charge in [0.15, 0.2) is 0 Å². The lowest BCUT2D eigenvalue weighted by molar-refractivity contribution is 0.324. The van der Waals surface area contributed by atoms with Gasteiger partial charge in [0.2, 0.25) is 0 Å². The van der Waals surface area contributed by atoms with Gasteiger partial charge in [0.05, 0.1) is 0 Å². The second-order valence-electron chi connectivity index (χ2n) is 5.13. The maximum Gasteiger partial charge on any atom is 0.0462 e. The number of rotatable bonds is 9. The van der Waals surface area contributed by atoms with Crippen LogP contribution < -0.4 is 5.32 Å². The smallest absolute Gasteiger partial charge is 0.0462 e. The van der Waals surface area contributed by atoms with Crippen molar-refractivity contribution in [3.8, 4) is 0 Å². The van der Waals surface area contributed by atoms with Gasteiger partial charge in [0.1, 0.15) is 0 Å². The Balaban J connectivity index is 2.62. The van der Waals surface area contributed by atoms with E-state index in [9.17, 15) is 0 Å². The topological polar surface area (TPSA) is 15.3 Å². The van der Waals surface area contributed by atoms with E-state index >= 15 is 0 Å². The van der Waals surface area contributed by atoms with Crippen LogP contribution in [-0.2, 0) is 6.54 Å². The van der Waals surface area contributed by atoms with E-state index in [-0.39, 0.29) is 0 Å². The van der Waals surface area contributed by atoms with Crippen LogP contribution in [0.15, 0.2) is 23.1 Å². The Labute approximate surface area is 133 Å². The summed E-state index contributed by atoms with van der Waals surface area (Å²) in [5, 5.41) is 4.32. The summed E-state index contributed by atoms with van der Waals surface area (Å²) < 4.78 is 0. The van der Waals surface area contributed by atoms with Crippen molar-refractivity contribution in [3.63, 3.8) is 0 Å². The van der Waals surface area contributed by atoms with Crippen molar-refractivity contribution in [1.82, 2.24) is 10.2 Å². The molecule has 0 saturated carbocycles. The van der Waals surface area contributed by atoms with Crippen molar-refractivity contribution in [2.75, 3.05) is 25.4 Å². The van der Waals surface area contributed by atoms with Crippen molar-refractivity contribution in [3.05, 3.63) is 28.8 Å². The maximum atomic E-state index is 6.35. The lowest BCUT2D eigenvalue weighted by atomic mass is 10.2. The fourth-order valence-corrected chi connectivity index (χ4v) is 3.37. The maximum absolute atomic E-state index is 6.35. The molecule has 0 bridgehead atoms. The number of thioether (sulfide) groups is 1. The summed E-state index contributed by atoms with van der Waals surface area (Å²) in [5.41, 5.74) is 1.23. The Morgan fingerprint density at radius 2 is 1.95 bits per heavy atom. The normalized spacial score (nSPS) is 11.6. The van der Waals surface area contributed by atoms with Crippen LogP contribution in [-0.4, -0.2) is 36.3 Å². The van der Waals surface area contributed by atoms with Gasteiger partial charge in [-0.3, -0.25) is 0 Å². The molecular weight excluding hydrogens is 288 g/mol. The number of nitrogens with one attached hydrogen (secondary N) is 1. The van der Waals surface area contributed by atoms with Gasteiger partial charge < -0.3 is 10.2 Å². The Morgan fingerprint density at radius 3 is 2.55 bits per heavy atom. The summed E-state index contributed by atoms with van der Waals surface area (Å²) in [7, 11) is 0. The third-order valence-electron chi connectivity index (χ3n) is 3.32. The van der Waals surface area contributed by atoms with E-state index in [0.717, 1.165) is 37.0 Å². The predicted octanol–water partition coefficient (Wildman–Crippen LogP) is 4.27. The van der Waals surface area contributed by atoms with Crippen LogP contribution in [0.4, 0.5) is 0 Å². The van der Waals surface area contributed by atoms with E-state index in [4.69, 9.17) is 11.6 Å². The van der Waals surface area contributed by atoms with Gasteiger partial charge in [-0.15, -0.1) is 11.8 Å². The third kappa shape index (κ3) is 6.04. The third-order valence-corrected chi connectivity index (χ3v) is 4.76. The van der Waals surface area contributed by atoms with Gasteiger partial charge >= 0.3 is 0 Å². The highest BCUT2D eigenvalue weighted by Gasteiger charge is 2.08. The molecule has 1 aromatic carbocycles. The highest BCUT2D eigenvalue weighted by atomic mass is 35.5. The molecule has 0 aliphatic heterocycles. The fraction of sp³-hybridized carbons (Fsp3) is 0.625. The SMILES string of the molecule is CCN(CC)CCSc1cccc(Cl)c1CNC(C)C. The van der Waals surface area contributed by atoms with E-state index in [2.05, 4.69) is 44.0 Å². The first-order valence-corrected chi connectivity index (χ1v) is 8.80. The van der Waals surface area contributed by atoms with Crippen molar-refractivity contribution in [2.45, 2.75) is 45.2 Å². The van der Waals surface area contributed by atoms with Gasteiger partial charge in [-0.1, -0.05) is 45.4 Å². The minimum atomic E-state index is 0.472. The second kappa shape index (κ2) is 9.67. The van der Waals surface area contributed by atoms with Crippen molar-refractivity contribution in [2.24, 2.45) is 0 Å². The van der Waals surface area contributed by atoms with E-state index in [0.29, 0.717) is 6.04 Å². The molecule has 0 amide bonds. The Kier molecular flexibility index (Phi) is 8.62. The minimum Gasteiger partial charge on any atom is -0.310 e. The van der Waals surface area contributed by atoms with Crippen LogP contribution in [0.25, 0.3) is 0 Å². The molecule has 1 rings (SSSR count). The summed E-state index contributed by atoms with van der Waals surface area (Å²) in [6.07, 6.45) is 0. The molecule has 20 heavy (non-hydrogen) atoms. The molecule has 0 spiro atoms. The molecule has 0 atom stereocenters. The Morgan fingerprint density at radius 1 is 1.25 bits per heavy atom. The molecule has 1 aromatic rings. The number of halogens is 1. The van der Waals surface area contributed by atoms with Crippen LogP contribution in [0.2, 0.25) is 5.02 Å². The highest BCUT2D eigenvalue weighted by molar-refractivity contribution is 7.99. The summed E-state index contributed by atoms with van der Waals surface area (Å²) in [5.74, 6) is 1.11. The molecule has 0 aliphatic carbocycles. The Bertz CT molecular complexity index is 392. The molecule has 0 aliphatic rings. The van der Waals surface area contributed by atoms with Crippen molar-refractivity contribution in [1.29, 1.82) is 0 Å². The van der Waals surface area contributed by atoms with E-state index < -0.39 is 0 Å². The first kappa shape index (κ1) is 17.8. The van der Waals surface area contributed by atoms with E-state index in [1.54, 1.807) is 0 Å². The van der Waals surface area contributed by atoms with Crippen LogP contribution in [0.1, 0.15) is 33.3 Å². The van der Waals surface area contributed by atoms with Gasteiger partial charge in [0, 0.05) is 34.8 Å². The molecule has 2 nitrogen and oxygen atoms in total. The average molecular weight is 315 g/mol. The van der Waals surface area contributed by atoms with Crippen LogP contribution >= 0.6 is 23.4 Å². The molecule has 0 fully saturated rings. The minimum absolute atomic E-state index is 0.472. The van der Waals surface area contributed by atoms with Gasteiger partial charge in [-0.2, -0.15) is 0 Å². The molecule has 1 N–H and O–H groups in total. The van der Waals surface area contributed by atoms with E-state index in [1.807, 2.05) is 23.9 Å². The first-order valence-electron chi connectivity index (χ1n) is 7.44. The molecule has 0 aromatic heterocycles. The molecule has 0 radical (unpaired) electrons. The molecule has 0 heterocycles. The van der Waals surface area contributed by atoms with Gasteiger partial charge in [-0.25, -0.2) is 0 Å². The number of nitrogens with zero attached hydrogens (tertiary/aromatic N) is 1. The zero-order chi connectivity index (χ0) is 15.0. The standard InChI is InChI=1S/C16H27ClN2S/c1-5-19(6-2)10-11-20-16-9-7-8-15(17)14(16)12-18-13(3)4/h7-9,13,18H,5-6,10-12H2,1-4H3. The molecule has 0 unspecified atom stereocenters. The van der Waals surface area contributed by atoms with Crippen LogP contribution in [0, 0.1) is 0 Å². The molecule has 0 saturated heterocycles. The van der Waals surface area contributed by atoms with Gasteiger partial charge in [-0.05, 0) is 30.8 Å². The average Bonchev–Trinajstić information content (AvgIpc) is 2.42. The predicted molar refractivity (Wildman–Crippen MR) is 91.9 cm³/mol.